The molecule has 0 radical (unpaired) electrons. The summed E-state index contributed by atoms with van der Waals surface area (Å²) >= 11 is -1.65. The second-order valence-electron chi connectivity index (χ2n) is 7.35. The topological polar surface area (TPSA) is 54.0 Å². The van der Waals surface area contributed by atoms with E-state index in [1.54, 1.807) is 0 Å². The maximum atomic E-state index is 11.5. The molecular weight excluding hydrogens is 352 g/mol. The lowest BCUT2D eigenvalue weighted by Crippen LogP contribution is -2.37. The zero-order chi connectivity index (χ0) is 18.4. The summed E-state index contributed by atoms with van der Waals surface area (Å²) in [7, 11) is 0. The van der Waals surface area contributed by atoms with Gasteiger partial charge in [-0.1, -0.05) is 42.5 Å². The summed E-state index contributed by atoms with van der Waals surface area (Å²) in [5, 5.41) is 0. The van der Waals surface area contributed by atoms with E-state index < -0.39 is 17.0 Å². The fourth-order valence-electron chi connectivity index (χ4n) is 3.22. The minimum atomic E-state index is -1.65. The second-order valence-corrected chi connectivity index (χ2v) is 8.12. The highest BCUT2D eigenvalue weighted by atomic mass is 32.2. The highest BCUT2D eigenvalue weighted by molar-refractivity contribution is 7.75. The van der Waals surface area contributed by atoms with Crippen molar-refractivity contribution < 1.29 is 22.0 Å². The molecule has 1 unspecified atom stereocenters. The molecule has 2 heterocycles. The van der Waals surface area contributed by atoms with Gasteiger partial charge in [0.05, 0.1) is 18.8 Å². The monoisotopic (exact) mass is 380 g/mol. The molecule has 26 heavy (non-hydrogen) atoms. The molecule has 5 nitrogen and oxygen atoms in total. The van der Waals surface area contributed by atoms with E-state index in [2.05, 4.69) is 24.3 Å². The van der Waals surface area contributed by atoms with Crippen LogP contribution in [0.3, 0.4) is 0 Å². The van der Waals surface area contributed by atoms with Gasteiger partial charge in [-0.15, -0.1) is 0 Å². The molecule has 144 valence electrons. The van der Waals surface area contributed by atoms with Gasteiger partial charge in [-0.2, -0.15) is 4.21 Å². The SMILES string of the molecule is CC1(C)OS(=O)O[C@@H]1C[C@@H]1C=CC[C@@H](CCCOCc2ccccc2)O1. The van der Waals surface area contributed by atoms with Crippen LogP contribution in [0.4, 0.5) is 0 Å². The van der Waals surface area contributed by atoms with Crippen LogP contribution in [0.2, 0.25) is 0 Å². The van der Waals surface area contributed by atoms with Gasteiger partial charge in [0.2, 0.25) is 0 Å². The van der Waals surface area contributed by atoms with Crippen molar-refractivity contribution in [3.63, 3.8) is 0 Å². The Balaban J connectivity index is 1.35. The summed E-state index contributed by atoms with van der Waals surface area (Å²) in [5.41, 5.74) is 0.642. The number of hydrogen-bond donors (Lipinski definition) is 0. The molecule has 1 aromatic rings. The Morgan fingerprint density at radius 1 is 1.27 bits per heavy atom. The van der Waals surface area contributed by atoms with Crippen molar-refractivity contribution in [1.29, 1.82) is 0 Å². The fourth-order valence-corrected chi connectivity index (χ4v) is 4.22. The lowest BCUT2D eigenvalue weighted by molar-refractivity contribution is -0.0355. The van der Waals surface area contributed by atoms with E-state index in [0.29, 0.717) is 13.0 Å². The van der Waals surface area contributed by atoms with E-state index in [1.807, 2.05) is 32.0 Å². The van der Waals surface area contributed by atoms with Crippen molar-refractivity contribution in [3.8, 4) is 0 Å². The van der Waals surface area contributed by atoms with Crippen molar-refractivity contribution in [2.24, 2.45) is 0 Å². The third kappa shape index (κ3) is 5.72. The van der Waals surface area contributed by atoms with Crippen LogP contribution in [0.15, 0.2) is 42.5 Å². The Labute approximate surface area is 158 Å². The van der Waals surface area contributed by atoms with Gasteiger partial charge in [0.1, 0.15) is 11.7 Å². The average Bonchev–Trinajstić information content (AvgIpc) is 2.87. The molecule has 1 saturated heterocycles. The first-order valence-electron chi connectivity index (χ1n) is 9.25. The summed E-state index contributed by atoms with van der Waals surface area (Å²) < 4.78 is 34.1. The van der Waals surface area contributed by atoms with E-state index in [1.165, 1.54) is 5.56 Å². The summed E-state index contributed by atoms with van der Waals surface area (Å²) in [6, 6.07) is 10.2. The summed E-state index contributed by atoms with van der Waals surface area (Å²) in [6.45, 7) is 5.18. The maximum Gasteiger partial charge on any atom is 0.305 e. The van der Waals surface area contributed by atoms with Crippen molar-refractivity contribution in [2.45, 2.75) is 70.1 Å². The molecule has 3 rings (SSSR count). The second kappa shape index (κ2) is 9.24. The first kappa shape index (κ1) is 19.7. The Hall–Kier alpha value is -1.05. The minimum Gasteiger partial charge on any atom is -0.377 e. The van der Waals surface area contributed by atoms with Crippen molar-refractivity contribution in [1.82, 2.24) is 0 Å². The molecule has 6 heteroatoms. The van der Waals surface area contributed by atoms with Crippen LogP contribution in [0.25, 0.3) is 0 Å². The predicted octanol–water partition coefficient (Wildman–Crippen LogP) is 3.86. The molecule has 0 amide bonds. The quantitative estimate of drug-likeness (QED) is 0.506. The zero-order valence-corrected chi connectivity index (χ0v) is 16.3. The number of hydrogen-bond acceptors (Lipinski definition) is 5. The Morgan fingerprint density at radius 2 is 2.08 bits per heavy atom. The average molecular weight is 381 g/mol. The standard InChI is InChI=1S/C20H28O5S/c1-20(2)19(24-26(21)25-20)14-18-11-6-10-17(23-18)12-7-13-22-15-16-8-4-3-5-9-16/h3-6,8-9,11,17-19H,7,10,12-15H2,1-2H3/t17-,18-,19+,26?/m0/s1. The van der Waals surface area contributed by atoms with Crippen LogP contribution in [0.1, 0.15) is 45.1 Å². The van der Waals surface area contributed by atoms with Crippen LogP contribution in [0.5, 0.6) is 0 Å². The van der Waals surface area contributed by atoms with Gasteiger partial charge in [-0.05, 0) is 38.7 Å². The van der Waals surface area contributed by atoms with Crippen molar-refractivity contribution >= 4 is 11.4 Å². The van der Waals surface area contributed by atoms with E-state index in [-0.39, 0.29) is 18.3 Å². The van der Waals surface area contributed by atoms with Gasteiger partial charge in [-0.3, -0.25) is 8.37 Å². The summed E-state index contributed by atoms with van der Waals surface area (Å²) in [6.07, 6.45) is 7.69. The van der Waals surface area contributed by atoms with Crippen LogP contribution in [0, 0.1) is 0 Å². The maximum absolute atomic E-state index is 11.5. The number of ether oxygens (including phenoxy) is 2. The van der Waals surface area contributed by atoms with Crippen LogP contribution in [-0.4, -0.2) is 34.7 Å². The molecule has 1 aromatic carbocycles. The van der Waals surface area contributed by atoms with E-state index in [9.17, 15) is 4.21 Å². The lowest BCUT2D eigenvalue weighted by Gasteiger charge is -2.30. The largest absolute Gasteiger partial charge is 0.377 e. The molecule has 1 fully saturated rings. The number of benzene rings is 1. The Kier molecular flexibility index (Phi) is 7.00. The van der Waals surface area contributed by atoms with E-state index in [0.717, 1.165) is 25.9 Å². The molecule has 0 bridgehead atoms. The smallest absolute Gasteiger partial charge is 0.305 e. The lowest BCUT2D eigenvalue weighted by atomic mass is 9.95. The predicted molar refractivity (Wildman–Crippen MR) is 101 cm³/mol. The summed E-state index contributed by atoms with van der Waals surface area (Å²) in [4.78, 5) is 0. The van der Waals surface area contributed by atoms with Gasteiger partial charge in [0.15, 0.2) is 0 Å². The fraction of sp³-hybridized carbons (Fsp3) is 0.600. The highest BCUT2D eigenvalue weighted by Gasteiger charge is 2.43. The third-order valence-corrected chi connectivity index (χ3v) is 5.70. The molecule has 0 aromatic heterocycles. The van der Waals surface area contributed by atoms with E-state index in [4.69, 9.17) is 17.8 Å². The first-order valence-corrected chi connectivity index (χ1v) is 10.2. The van der Waals surface area contributed by atoms with Crippen molar-refractivity contribution in [3.05, 3.63) is 48.0 Å². The van der Waals surface area contributed by atoms with Gasteiger partial charge >= 0.3 is 11.4 Å². The van der Waals surface area contributed by atoms with Crippen LogP contribution in [-0.2, 0) is 35.8 Å². The van der Waals surface area contributed by atoms with Crippen LogP contribution >= 0.6 is 0 Å². The minimum absolute atomic E-state index is 0.0260. The third-order valence-electron chi connectivity index (χ3n) is 4.74. The van der Waals surface area contributed by atoms with Gasteiger partial charge < -0.3 is 9.47 Å². The van der Waals surface area contributed by atoms with Gasteiger partial charge in [0, 0.05) is 13.0 Å². The first-order chi connectivity index (χ1) is 12.5. The highest BCUT2D eigenvalue weighted by Crippen LogP contribution is 2.33. The molecule has 0 N–H and O–H groups in total. The van der Waals surface area contributed by atoms with Crippen LogP contribution < -0.4 is 0 Å². The van der Waals surface area contributed by atoms with Crippen molar-refractivity contribution in [2.75, 3.05) is 6.61 Å². The van der Waals surface area contributed by atoms with Gasteiger partial charge in [0.25, 0.3) is 0 Å². The normalized spacial score (nSPS) is 30.5. The molecule has 0 spiro atoms. The molecule has 0 aliphatic carbocycles. The molecule has 2 aliphatic rings. The molecule has 2 aliphatic heterocycles. The summed E-state index contributed by atoms with van der Waals surface area (Å²) in [5.74, 6) is 0. The van der Waals surface area contributed by atoms with E-state index >= 15 is 0 Å². The Morgan fingerprint density at radius 3 is 2.81 bits per heavy atom. The molecular formula is C20H28O5S. The number of rotatable bonds is 8. The van der Waals surface area contributed by atoms with Gasteiger partial charge in [-0.25, -0.2) is 0 Å². The Bertz CT molecular complexity index is 616. The molecule has 0 saturated carbocycles. The zero-order valence-electron chi connectivity index (χ0n) is 15.5. The molecule has 4 atom stereocenters.